The number of rotatable bonds is 7. The molecule has 0 aliphatic carbocycles. The van der Waals surface area contributed by atoms with Gasteiger partial charge >= 0.3 is 18.1 Å². The van der Waals surface area contributed by atoms with Crippen molar-refractivity contribution in [2.45, 2.75) is 75.9 Å². The van der Waals surface area contributed by atoms with Crippen LogP contribution in [0.15, 0.2) is 36.4 Å². The molecule has 7 rings (SSSR count). The van der Waals surface area contributed by atoms with E-state index in [1.165, 1.54) is 14.0 Å². The van der Waals surface area contributed by atoms with Crippen molar-refractivity contribution >= 4 is 11.9 Å². The highest BCUT2D eigenvalue weighted by Gasteiger charge is 2.57. The van der Waals surface area contributed by atoms with Gasteiger partial charge in [-0.2, -0.15) is 18.4 Å². The van der Waals surface area contributed by atoms with Gasteiger partial charge in [0.2, 0.25) is 6.79 Å². The van der Waals surface area contributed by atoms with E-state index < -0.39 is 42.3 Å². The highest BCUT2D eigenvalue weighted by Crippen LogP contribution is 2.58. The molecule has 0 radical (unpaired) electrons. The molecule has 11 nitrogen and oxygen atoms in total. The quantitative estimate of drug-likeness (QED) is 0.258. The van der Waals surface area contributed by atoms with Crippen LogP contribution in [0.3, 0.4) is 0 Å². The number of hydrogen-bond acceptors (Lipinski definition) is 11. The number of piperazine rings is 1. The maximum absolute atomic E-state index is 13.7. The predicted molar refractivity (Wildman–Crippen MR) is 174 cm³/mol. The van der Waals surface area contributed by atoms with Crippen LogP contribution in [-0.2, 0) is 33.6 Å². The molecule has 1 fully saturated rings. The number of benzene rings is 3. The van der Waals surface area contributed by atoms with Gasteiger partial charge in [0.25, 0.3) is 0 Å². The maximum Gasteiger partial charge on any atom is 0.491 e. The molecule has 2 bridgehead atoms. The van der Waals surface area contributed by atoms with E-state index in [-0.39, 0.29) is 72.2 Å². The monoisotopic (exact) mass is 707 g/mol. The Morgan fingerprint density at radius 1 is 1.06 bits per heavy atom. The molecule has 0 aromatic heterocycles. The fourth-order valence-corrected chi connectivity index (χ4v) is 8.41. The van der Waals surface area contributed by atoms with Crippen LogP contribution in [-0.4, -0.2) is 78.7 Å². The Morgan fingerprint density at radius 2 is 1.78 bits per heavy atom. The number of carbonyl (C=O) groups excluding carboxylic acids is 2. The van der Waals surface area contributed by atoms with Crippen molar-refractivity contribution < 1.29 is 51.6 Å². The van der Waals surface area contributed by atoms with Crippen LogP contribution < -0.4 is 18.9 Å². The smallest absolute Gasteiger partial charge is 0.491 e. The molecular weight excluding hydrogens is 671 g/mol. The molecule has 14 heteroatoms. The fourth-order valence-electron chi connectivity index (χ4n) is 8.41. The van der Waals surface area contributed by atoms with Crippen molar-refractivity contribution in [3.8, 4) is 34.8 Å². The molecule has 0 saturated carbocycles. The molecule has 1 N–H and O–H groups in total. The molecule has 4 heterocycles. The number of methoxy groups -OCH3 is 1. The number of phenols is 1. The Hall–Kier alpha value is -5.00. The van der Waals surface area contributed by atoms with Crippen LogP contribution in [0.1, 0.15) is 57.4 Å². The molecule has 0 amide bonds. The summed E-state index contributed by atoms with van der Waals surface area (Å²) >= 11 is 0. The van der Waals surface area contributed by atoms with Gasteiger partial charge in [0.15, 0.2) is 23.0 Å². The summed E-state index contributed by atoms with van der Waals surface area (Å²) in [5.41, 5.74) is 3.71. The van der Waals surface area contributed by atoms with Crippen LogP contribution in [0.5, 0.6) is 28.7 Å². The van der Waals surface area contributed by atoms with Crippen molar-refractivity contribution in [1.29, 1.82) is 5.26 Å². The lowest BCUT2D eigenvalue weighted by Crippen LogP contribution is -2.68. The molecule has 4 aliphatic rings. The highest BCUT2D eigenvalue weighted by molar-refractivity contribution is 5.80. The first-order valence-corrected chi connectivity index (χ1v) is 16.6. The van der Waals surface area contributed by atoms with Crippen LogP contribution in [0.25, 0.3) is 0 Å². The van der Waals surface area contributed by atoms with Crippen molar-refractivity contribution in [3.63, 3.8) is 0 Å². The maximum atomic E-state index is 13.7. The zero-order valence-electron chi connectivity index (χ0n) is 28.4. The molecule has 3 aromatic rings. The Morgan fingerprint density at radius 3 is 2.47 bits per heavy atom. The molecule has 1 saturated heterocycles. The normalized spacial score (nSPS) is 23.4. The molecule has 3 aromatic carbocycles. The molecule has 5 atom stereocenters. The summed E-state index contributed by atoms with van der Waals surface area (Å²) in [5.74, 6) is -2.72. The number of ether oxygens (including phenoxy) is 5. The van der Waals surface area contributed by atoms with Gasteiger partial charge in [0, 0.05) is 40.8 Å². The summed E-state index contributed by atoms with van der Waals surface area (Å²) < 4.78 is 69.3. The summed E-state index contributed by atoms with van der Waals surface area (Å²) in [5, 5.41) is 22.5. The zero-order chi connectivity index (χ0) is 36.4. The summed E-state index contributed by atoms with van der Waals surface area (Å²) in [6.07, 6.45) is -4.43. The Kier molecular flexibility index (Phi) is 8.75. The predicted octanol–water partition coefficient (Wildman–Crippen LogP) is 5.16. The van der Waals surface area contributed by atoms with Crippen molar-refractivity contribution in [1.82, 2.24) is 9.80 Å². The van der Waals surface area contributed by atoms with Crippen LogP contribution in [0.4, 0.5) is 13.2 Å². The second-order valence-corrected chi connectivity index (χ2v) is 13.3. The lowest BCUT2D eigenvalue weighted by atomic mass is 9.71. The summed E-state index contributed by atoms with van der Waals surface area (Å²) in [6.45, 7) is 2.75. The molecule has 51 heavy (non-hydrogen) atoms. The summed E-state index contributed by atoms with van der Waals surface area (Å²) in [7, 11) is 3.30. The third-order valence-corrected chi connectivity index (χ3v) is 10.6. The summed E-state index contributed by atoms with van der Waals surface area (Å²) in [4.78, 5) is 29.5. The van der Waals surface area contributed by atoms with Gasteiger partial charge in [-0.3, -0.25) is 14.6 Å². The van der Waals surface area contributed by atoms with Crippen LogP contribution in [0.2, 0.25) is 0 Å². The lowest BCUT2D eigenvalue weighted by molar-refractivity contribution is -0.189. The number of aromatic hydroxyl groups is 1. The van der Waals surface area contributed by atoms with Crippen molar-refractivity contribution in [2.75, 3.05) is 27.6 Å². The number of halogens is 3. The minimum Gasteiger partial charge on any atom is -0.504 e. The number of aryl methyl sites for hydroxylation is 2. The molecule has 1 unspecified atom stereocenters. The third-order valence-electron chi connectivity index (χ3n) is 10.6. The van der Waals surface area contributed by atoms with Gasteiger partial charge in [-0.15, -0.1) is 0 Å². The fraction of sp³-hybridized carbons (Fsp3) is 0.432. The standard InChI is InChI=1S/C37H36F3N3O8/c1-18-12-21-13-23-25(15-41)43-24(30(42(23)3)28(21)31(45)32(18)47-4)14-22-29(26(43)16-48-27(44)11-10-20-8-6-5-7-9-20)35-34(49-17-50-35)19(2)33(22)51-36(46)37(38,39)40/h5-9,12,23-26,30,45H,10-11,13-14,16-17H2,1-4H3/t23-,24?,25-,26-,30-/m0/s1. The van der Waals surface area contributed by atoms with Gasteiger partial charge in [-0.25, -0.2) is 4.79 Å². The Labute approximate surface area is 292 Å². The number of esters is 2. The largest absolute Gasteiger partial charge is 0.504 e. The van der Waals surface area contributed by atoms with E-state index in [2.05, 4.69) is 6.07 Å². The zero-order valence-corrected chi connectivity index (χ0v) is 28.4. The number of likely N-dealkylation sites (N-methyl/N-ethyl adjacent to an activating group) is 1. The van der Waals surface area contributed by atoms with E-state index in [0.717, 1.165) is 11.1 Å². The van der Waals surface area contributed by atoms with Crippen LogP contribution >= 0.6 is 0 Å². The number of nitrogens with zero attached hydrogens (tertiary/aromatic N) is 3. The van der Waals surface area contributed by atoms with Crippen molar-refractivity contribution in [3.05, 3.63) is 75.3 Å². The van der Waals surface area contributed by atoms with Crippen LogP contribution in [0, 0.1) is 25.2 Å². The van der Waals surface area contributed by atoms with Gasteiger partial charge in [-0.1, -0.05) is 36.4 Å². The average Bonchev–Trinajstić information content (AvgIpc) is 3.59. The molecule has 0 spiro atoms. The number of phenolic OH excluding ortho intramolecular Hbond substituents is 1. The van der Waals surface area contributed by atoms with E-state index >= 15 is 0 Å². The summed E-state index contributed by atoms with van der Waals surface area (Å²) in [6, 6.07) is 10.4. The topological polar surface area (TPSA) is 131 Å². The van der Waals surface area contributed by atoms with E-state index in [4.69, 9.17) is 23.7 Å². The van der Waals surface area contributed by atoms with E-state index in [9.17, 15) is 33.1 Å². The minimum atomic E-state index is -5.29. The van der Waals surface area contributed by atoms with Gasteiger partial charge in [-0.05, 0) is 56.8 Å². The van der Waals surface area contributed by atoms with Gasteiger partial charge < -0.3 is 28.8 Å². The Balaban J connectivity index is 1.38. The minimum absolute atomic E-state index is 0.0132. The first kappa shape index (κ1) is 34.4. The number of nitriles is 1. The average molecular weight is 708 g/mol. The first-order valence-electron chi connectivity index (χ1n) is 16.6. The van der Waals surface area contributed by atoms with Gasteiger partial charge in [0.1, 0.15) is 18.4 Å². The number of carbonyl (C=O) groups is 2. The van der Waals surface area contributed by atoms with E-state index in [1.54, 1.807) is 0 Å². The number of fused-ring (bicyclic) bond motifs is 9. The highest BCUT2D eigenvalue weighted by atomic mass is 19.4. The molecule has 268 valence electrons. The number of alkyl halides is 3. The second kappa shape index (κ2) is 13.0. The first-order chi connectivity index (χ1) is 24.3. The second-order valence-electron chi connectivity index (χ2n) is 13.3. The lowest BCUT2D eigenvalue weighted by Gasteiger charge is -2.59. The van der Waals surface area contributed by atoms with E-state index in [1.807, 2.05) is 60.2 Å². The Bertz CT molecular complexity index is 1950. The third kappa shape index (κ3) is 5.68. The van der Waals surface area contributed by atoms with Crippen molar-refractivity contribution in [2.24, 2.45) is 0 Å². The number of hydrogen-bond donors (Lipinski definition) is 1. The molecule has 4 aliphatic heterocycles. The van der Waals surface area contributed by atoms with E-state index in [0.29, 0.717) is 29.5 Å². The molecular formula is C37H36F3N3O8. The SMILES string of the molecule is COc1c(C)cc2c(c1O)[C@@H]1C3Cc4c(OC(=O)C(F)(F)F)c(C)c5c(c4[C@H](COC(=O)CCc4ccccc4)N3[C@@H](C#N)[C@H](C2)N1C)OCO5. The van der Waals surface area contributed by atoms with Gasteiger partial charge in [0.05, 0.1) is 25.3 Å².